The minimum absolute atomic E-state index is 0.377. The lowest BCUT2D eigenvalue weighted by atomic mass is 9.75. The Morgan fingerprint density at radius 1 is 1.30 bits per heavy atom. The maximum atomic E-state index is 5.73. The lowest BCUT2D eigenvalue weighted by Gasteiger charge is -2.35. The summed E-state index contributed by atoms with van der Waals surface area (Å²) in [5.41, 5.74) is 4.28. The van der Waals surface area contributed by atoms with Crippen molar-refractivity contribution in [2.45, 2.75) is 53.0 Å². The number of nitrogens with one attached hydrogen (secondary N) is 1. The summed E-state index contributed by atoms with van der Waals surface area (Å²) in [7, 11) is 3.87. The van der Waals surface area contributed by atoms with Gasteiger partial charge in [-0.25, -0.2) is 0 Å². The summed E-state index contributed by atoms with van der Waals surface area (Å²) in [4.78, 5) is 0. The van der Waals surface area contributed by atoms with Crippen LogP contribution in [-0.4, -0.2) is 14.2 Å². The molecule has 1 saturated carbocycles. The van der Waals surface area contributed by atoms with E-state index in [9.17, 15) is 0 Å². The Balaban J connectivity index is 2.45. The fourth-order valence-corrected chi connectivity index (χ4v) is 3.87. The standard InChI is InChI=1S/C18H29NO/c1-12-9-10-14(17(20-6)13(12)2)16(19-5)15-8-7-11-18(15,3)4/h9-10,15-16,19H,7-8,11H2,1-6H3. The van der Waals surface area contributed by atoms with E-state index in [2.05, 4.69) is 52.2 Å². The molecule has 2 nitrogen and oxygen atoms in total. The zero-order valence-electron chi connectivity index (χ0n) is 13.8. The number of hydrogen-bond donors (Lipinski definition) is 1. The molecule has 112 valence electrons. The molecule has 2 heteroatoms. The molecule has 2 atom stereocenters. The van der Waals surface area contributed by atoms with Crippen molar-refractivity contribution in [3.63, 3.8) is 0 Å². The highest BCUT2D eigenvalue weighted by Crippen LogP contribution is 2.50. The van der Waals surface area contributed by atoms with E-state index in [1.165, 1.54) is 36.0 Å². The summed E-state index contributed by atoms with van der Waals surface area (Å²) >= 11 is 0. The van der Waals surface area contributed by atoms with Crippen LogP contribution >= 0.6 is 0 Å². The lowest BCUT2D eigenvalue weighted by molar-refractivity contribution is 0.201. The fourth-order valence-electron chi connectivity index (χ4n) is 3.87. The Kier molecular flexibility index (Phi) is 4.43. The normalized spacial score (nSPS) is 22.8. The summed E-state index contributed by atoms with van der Waals surface area (Å²) in [6.07, 6.45) is 3.96. The average molecular weight is 275 g/mol. The summed E-state index contributed by atoms with van der Waals surface area (Å²) < 4.78 is 5.73. The molecule has 0 saturated heterocycles. The Bertz CT molecular complexity index is 479. The number of benzene rings is 1. The maximum Gasteiger partial charge on any atom is 0.126 e. The van der Waals surface area contributed by atoms with Crippen molar-refractivity contribution in [2.24, 2.45) is 11.3 Å². The van der Waals surface area contributed by atoms with Crippen molar-refractivity contribution in [3.8, 4) is 5.75 Å². The van der Waals surface area contributed by atoms with E-state index in [0.717, 1.165) is 5.75 Å². The molecule has 2 rings (SSSR count). The van der Waals surface area contributed by atoms with Gasteiger partial charge >= 0.3 is 0 Å². The molecular formula is C18H29NO. The molecule has 1 N–H and O–H groups in total. The van der Waals surface area contributed by atoms with E-state index in [4.69, 9.17) is 4.74 Å². The molecule has 0 aromatic heterocycles. The summed E-state index contributed by atoms with van der Waals surface area (Å²) in [5.74, 6) is 1.73. The van der Waals surface area contributed by atoms with Crippen molar-refractivity contribution < 1.29 is 4.74 Å². The molecule has 1 fully saturated rings. The van der Waals surface area contributed by atoms with Gasteiger partial charge in [-0.1, -0.05) is 32.4 Å². The van der Waals surface area contributed by atoms with Gasteiger partial charge in [0, 0.05) is 11.6 Å². The monoisotopic (exact) mass is 275 g/mol. The van der Waals surface area contributed by atoms with Gasteiger partial charge in [-0.05, 0) is 56.2 Å². The first-order chi connectivity index (χ1) is 9.42. The summed E-state index contributed by atoms with van der Waals surface area (Å²) in [6.45, 7) is 9.12. The van der Waals surface area contributed by atoms with Gasteiger partial charge in [0.15, 0.2) is 0 Å². The topological polar surface area (TPSA) is 21.3 Å². The van der Waals surface area contributed by atoms with Gasteiger partial charge in [-0.2, -0.15) is 0 Å². The highest BCUT2D eigenvalue weighted by Gasteiger charge is 2.40. The van der Waals surface area contributed by atoms with E-state index in [1.807, 2.05) is 0 Å². The van der Waals surface area contributed by atoms with Crippen molar-refractivity contribution in [3.05, 3.63) is 28.8 Å². The maximum absolute atomic E-state index is 5.73. The number of ether oxygens (including phenoxy) is 1. The predicted molar refractivity (Wildman–Crippen MR) is 85.4 cm³/mol. The molecule has 1 aliphatic rings. The molecule has 0 radical (unpaired) electrons. The molecule has 0 amide bonds. The smallest absolute Gasteiger partial charge is 0.126 e. The van der Waals surface area contributed by atoms with Crippen LogP contribution in [0.15, 0.2) is 12.1 Å². The van der Waals surface area contributed by atoms with Crippen LogP contribution in [0, 0.1) is 25.2 Å². The summed E-state index contributed by atoms with van der Waals surface area (Å²) in [5, 5.41) is 3.56. The Hall–Kier alpha value is -1.02. The van der Waals surface area contributed by atoms with Crippen LogP contribution in [0.2, 0.25) is 0 Å². The fraction of sp³-hybridized carbons (Fsp3) is 0.667. The van der Waals surface area contributed by atoms with Crippen LogP contribution in [0.4, 0.5) is 0 Å². The van der Waals surface area contributed by atoms with Gasteiger partial charge in [-0.3, -0.25) is 0 Å². The second-order valence-corrected chi connectivity index (χ2v) is 6.88. The molecule has 1 aromatic carbocycles. The molecule has 0 bridgehead atoms. The van der Waals surface area contributed by atoms with Gasteiger partial charge in [0.05, 0.1) is 7.11 Å². The molecule has 1 aromatic rings. The second kappa shape index (κ2) is 5.77. The van der Waals surface area contributed by atoms with E-state index < -0.39 is 0 Å². The largest absolute Gasteiger partial charge is 0.496 e. The van der Waals surface area contributed by atoms with Crippen LogP contribution in [0.1, 0.15) is 55.8 Å². The van der Waals surface area contributed by atoms with Crippen molar-refractivity contribution in [1.82, 2.24) is 5.32 Å². The predicted octanol–water partition coefficient (Wildman–Crippen LogP) is 4.40. The molecular weight excluding hydrogens is 246 g/mol. The van der Waals surface area contributed by atoms with Gasteiger partial charge in [0.25, 0.3) is 0 Å². The van der Waals surface area contributed by atoms with Gasteiger partial charge in [0.2, 0.25) is 0 Å². The minimum Gasteiger partial charge on any atom is -0.496 e. The number of aryl methyl sites for hydroxylation is 1. The zero-order chi connectivity index (χ0) is 14.9. The third kappa shape index (κ3) is 2.58. The molecule has 20 heavy (non-hydrogen) atoms. The quantitative estimate of drug-likeness (QED) is 0.879. The van der Waals surface area contributed by atoms with Gasteiger partial charge in [0.1, 0.15) is 5.75 Å². The first-order valence-corrected chi connectivity index (χ1v) is 7.73. The molecule has 1 aliphatic carbocycles. The van der Waals surface area contributed by atoms with Gasteiger partial charge in [-0.15, -0.1) is 0 Å². The first-order valence-electron chi connectivity index (χ1n) is 7.73. The highest BCUT2D eigenvalue weighted by atomic mass is 16.5. The Morgan fingerprint density at radius 3 is 2.50 bits per heavy atom. The van der Waals surface area contributed by atoms with Crippen LogP contribution in [0.5, 0.6) is 5.75 Å². The first kappa shape index (κ1) is 15.4. The van der Waals surface area contributed by atoms with Crippen LogP contribution in [0.25, 0.3) is 0 Å². The SMILES string of the molecule is CNC(c1ccc(C)c(C)c1OC)C1CCCC1(C)C. The molecule has 2 unspecified atom stereocenters. The average Bonchev–Trinajstić information content (AvgIpc) is 2.75. The molecule has 0 aliphatic heterocycles. The second-order valence-electron chi connectivity index (χ2n) is 6.88. The summed E-state index contributed by atoms with van der Waals surface area (Å²) in [6, 6.07) is 4.85. The zero-order valence-corrected chi connectivity index (χ0v) is 13.8. The third-order valence-electron chi connectivity index (χ3n) is 5.30. The van der Waals surface area contributed by atoms with Crippen molar-refractivity contribution >= 4 is 0 Å². The van der Waals surface area contributed by atoms with Crippen molar-refractivity contribution in [1.29, 1.82) is 0 Å². The Labute approximate surface area is 123 Å². The van der Waals surface area contributed by atoms with E-state index in [-0.39, 0.29) is 0 Å². The van der Waals surface area contributed by atoms with Crippen LogP contribution in [-0.2, 0) is 0 Å². The number of hydrogen-bond acceptors (Lipinski definition) is 2. The number of methoxy groups -OCH3 is 1. The van der Waals surface area contributed by atoms with Gasteiger partial charge < -0.3 is 10.1 Å². The van der Waals surface area contributed by atoms with E-state index >= 15 is 0 Å². The Morgan fingerprint density at radius 2 is 2.00 bits per heavy atom. The minimum atomic E-state index is 0.377. The van der Waals surface area contributed by atoms with Crippen LogP contribution in [0.3, 0.4) is 0 Å². The van der Waals surface area contributed by atoms with Crippen LogP contribution < -0.4 is 10.1 Å². The number of rotatable bonds is 4. The highest BCUT2D eigenvalue weighted by molar-refractivity contribution is 5.47. The van der Waals surface area contributed by atoms with E-state index in [1.54, 1.807) is 7.11 Å². The molecule has 0 spiro atoms. The molecule has 0 heterocycles. The lowest BCUT2D eigenvalue weighted by Crippen LogP contribution is -2.32. The van der Waals surface area contributed by atoms with E-state index in [0.29, 0.717) is 17.4 Å². The van der Waals surface area contributed by atoms with Crippen molar-refractivity contribution in [2.75, 3.05) is 14.2 Å². The third-order valence-corrected chi connectivity index (χ3v) is 5.30.